The summed E-state index contributed by atoms with van der Waals surface area (Å²) in [4.78, 5) is 12.3. The lowest BCUT2D eigenvalue weighted by atomic mass is 9.99. The Morgan fingerprint density at radius 3 is 3.00 bits per heavy atom. The number of nitrogens with one attached hydrogen (secondary N) is 3. The number of nitrogens with zero attached hydrogens (tertiary/aromatic N) is 1. The molecule has 1 aliphatic rings. The van der Waals surface area contributed by atoms with Crippen molar-refractivity contribution in [2.45, 2.75) is 25.3 Å². The molecule has 2 aromatic rings. The van der Waals surface area contributed by atoms with Crippen molar-refractivity contribution in [3.63, 3.8) is 0 Å². The maximum Gasteiger partial charge on any atom is 0.244 e. The zero-order chi connectivity index (χ0) is 14.0. The van der Waals surface area contributed by atoms with E-state index in [0.29, 0.717) is 0 Å². The molecule has 104 valence electrons. The van der Waals surface area contributed by atoms with Gasteiger partial charge in [0, 0.05) is 17.4 Å². The largest absolute Gasteiger partial charge is 0.324 e. The first-order chi connectivity index (χ1) is 9.67. The summed E-state index contributed by atoms with van der Waals surface area (Å²) in [6.45, 7) is 2.85. The Morgan fingerprint density at radius 2 is 2.30 bits per heavy atom. The Labute approximate surface area is 117 Å². The van der Waals surface area contributed by atoms with E-state index in [1.807, 2.05) is 37.3 Å². The molecule has 0 saturated carbocycles. The van der Waals surface area contributed by atoms with Crippen molar-refractivity contribution in [1.82, 2.24) is 15.5 Å². The lowest BCUT2D eigenvalue weighted by Crippen LogP contribution is -2.47. The molecular weight excluding hydrogens is 252 g/mol. The van der Waals surface area contributed by atoms with E-state index >= 15 is 0 Å². The van der Waals surface area contributed by atoms with E-state index < -0.39 is 5.54 Å². The van der Waals surface area contributed by atoms with E-state index in [4.69, 9.17) is 0 Å². The molecule has 5 nitrogen and oxygen atoms in total. The molecule has 5 heteroatoms. The van der Waals surface area contributed by atoms with Crippen LogP contribution in [0.15, 0.2) is 36.5 Å². The molecule has 1 atom stereocenters. The summed E-state index contributed by atoms with van der Waals surface area (Å²) in [5.74, 6) is 0.0248. The highest BCUT2D eigenvalue weighted by Gasteiger charge is 2.35. The number of carbonyl (C=O) groups is 1. The minimum Gasteiger partial charge on any atom is -0.324 e. The number of hydrogen-bond acceptors (Lipinski definition) is 3. The van der Waals surface area contributed by atoms with Crippen molar-refractivity contribution < 1.29 is 4.79 Å². The van der Waals surface area contributed by atoms with Gasteiger partial charge in [0.25, 0.3) is 0 Å². The van der Waals surface area contributed by atoms with Crippen LogP contribution >= 0.6 is 0 Å². The lowest BCUT2D eigenvalue weighted by Gasteiger charge is -2.23. The maximum atomic E-state index is 12.3. The molecule has 1 fully saturated rings. The van der Waals surface area contributed by atoms with Gasteiger partial charge in [0.05, 0.1) is 11.2 Å². The Bertz CT molecular complexity index is 600. The van der Waals surface area contributed by atoms with Gasteiger partial charge in [-0.15, -0.1) is 0 Å². The minimum absolute atomic E-state index is 0.0248. The van der Waals surface area contributed by atoms with E-state index in [1.165, 1.54) is 0 Å². The van der Waals surface area contributed by atoms with E-state index in [2.05, 4.69) is 20.8 Å². The number of benzene rings is 1. The second kappa shape index (κ2) is 5.09. The van der Waals surface area contributed by atoms with Crippen LogP contribution in [0.25, 0.3) is 11.3 Å². The Balaban J connectivity index is 1.78. The normalized spacial score (nSPS) is 21.9. The zero-order valence-corrected chi connectivity index (χ0v) is 11.4. The number of hydrogen-bond donors (Lipinski definition) is 3. The van der Waals surface area contributed by atoms with Crippen molar-refractivity contribution in [3.8, 4) is 11.3 Å². The molecule has 1 unspecified atom stereocenters. The van der Waals surface area contributed by atoms with E-state index in [0.717, 1.165) is 36.3 Å². The number of carbonyl (C=O) groups excluding carboxylic acids is 1. The second-order valence-electron chi connectivity index (χ2n) is 5.37. The van der Waals surface area contributed by atoms with Crippen LogP contribution in [-0.4, -0.2) is 28.2 Å². The fourth-order valence-corrected chi connectivity index (χ4v) is 2.54. The predicted molar refractivity (Wildman–Crippen MR) is 78.3 cm³/mol. The van der Waals surface area contributed by atoms with E-state index in [1.54, 1.807) is 6.20 Å². The van der Waals surface area contributed by atoms with Gasteiger partial charge in [-0.2, -0.15) is 5.10 Å². The zero-order valence-electron chi connectivity index (χ0n) is 11.4. The monoisotopic (exact) mass is 270 g/mol. The van der Waals surface area contributed by atoms with Gasteiger partial charge in [-0.3, -0.25) is 9.89 Å². The summed E-state index contributed by atoms with van der Waals surface area (Å²) in [5.41, 5.74) is 2.29. The number of anilines is 1. The molecule has 0 spiro atoms. The second-order valence-corrected chi connectivity index (χ2v) is 5.37. The van der Waals surface area contributed by atoms with Crippen LogP contribution in [0.5, 0.6) is 0 Å². The van der Waals surface area contributed by atoms with Crippen molar-refractivity contribution in [2.24, 2.45) is 0 Å². The van der Waals surface area contributed by atoms with Crippen LogP contribution in [0.3, 0.4) is 0 Å². The summed E-state index contributed by atoms with van der Waals surface area (Å²) in [7, 11) is 0. The maximum absolute atomic E-state index is 12.3. The number of rotatable bonds is 3. The van der Waals surface area contributed by atoms with Gasteiger partial charge in [0.1, 0.15) is 0 Å². The minimum atomic E-state index is -0.454. The summed E-state index contributed by atoms with van der Waals surface area (Å²) >= 11 is 0. The molecule has 1 saturated heterocycles. The fraction of sp³-hybridized carbons (Fsp3) is 0.333. The average Bonchev–Trinajstić information content (AvgIpc) is 3.11. The van der Waals surface area contributed by atoms with Crippen LogP contribution in [-0.2, 0) is 4.79 Å². The molecule has 20 heavy (non-hydrogen) atoms. The molecule has 0 bridgehead atoms. The first-order valence-electron chi connectivity index (χ1n) is 6.84. The van der Waals surface area contributed by atoms with Crippen LogP contribution in [0.1, 0.15) is 19.8 Å². The van der Waals surface area contributed by atoms with Crippen LogP contribution in [0.4, 0.5) is 5.69 Å². The first kappa shape index (κ1) is 12.9. The SMILES string of the molecule is CC1(C(=O)Nc2cccc(-c3ccn[nH]3)c2)CCCN1. The summed E-state index contributed by atoms with van der Waals surface area (Å²) < 4.78 is 0. The van der Waals surface area contributed by atoms with Crippen molar-refractivity contribution in [2.75, 3.05) is 11.9 Å². The third-order valence-corrected chi connectivity index (χ3v) is 3.80. The Kier molecular flexibility index (Phi) is 3.28. The van der Waals surface area contributed by atoms with Crippen LogP contribution in [0, 0.1) is 0 Å². The molecule has 1 aromatic carbocycles. The third-order valence-electron chi connectivity index (χ3n) is 3.80. The molecule has 3 rings (SSSR count). The standard InChI is InChI=1S/C15H18N4O/c1-15(7-3-8-16-15)14(20)18-12-5-2-4-11(10-12)13-6-9-17-19-13/h2,4-6,9-10,16H,3,7-8H2,1H3,(H,17,19)(H,18,20). The molecule has 3 N–H and O–H groups in total. The van der Waals surface area contributed by atoms with Crippen LogP contribution < -0.4 is 10.6 Å². The fourth-order valence-electron chi connectivity index (χ4n) is 2.54. The average molecular weight is 270 g/mol. The molecule has 0 radical (unpaired) electrons. The van der Waals surface area contributed by atoms with Gasteiger partial charge in [0.2, 0.25) is 5.91 Å². The highest BCUT2D eigenvalue weighted by molar-refractivity contribution is 5.98. The van der Waals surface area contributed by atoms with Crippen molar-refractivity contribution in [3.05, 3.63) is 36.5 Å². The third kappa shape index (κ3) is 2.44. The highest BCUT2D eigenvalue weighted by atomic mass is 16.2. The lowest BCUT2D eigenvalue weighted by molar-refractivity contribution is -0.121. The van der Waals surface area contributed by atoms with Gasteiger partial charge >= 0.3 is 0 Å². The van der Waals surface area contributed by atoms with Crippen LogP contribution in [0.2, 0.25) is 0 Å². The van der Waals surface area contributed by atoms with Gasteiger partial charge < -0.3 is 10.6 Å². The predicted octanol–water partition coefficient (Wildman–Crippen LogP) is 2.16. The molecule has 2 heterocycles. The van der Waals surface area contributed by atoms with Crippen molar-refractivity contribution >= 4 is 11.6 Å². The highest BCUT2D eigenvalue weighted by Crippen LogP contribution is 2.23. The Hall–Kier alpha value is -2.14. The molecular formula is C15H18N4O. The van der Waals surface area contributed by atoms with Crippen molar-refractivity contribution in [1.29, 1.82) is 0 Å². The molecule has 0 aliphatic carbocycles. The Morgan fingerprint density at radius 1 is 1.40 bits per heavy atom. The van der Waals surface area contributed by atoms with Gasteiger partial charge in [-0.05, 0) is 44.5 Å². The first-order valence-corrected chi connectivity index (χ1v) is 6.84. The van der Waals surface area contributed by atoms with E-state index in [9.17, 15) is 4.79 Å². The number of H-pyrrole nitrogens is 1. The summed E-state index contributed by atoms with van der Waals surface area (Å²) in [5, 5.41) is 13.1. The van der Waals surface area contributed by atoms with E-state index in [-0.39, 0.29) is 5.91 Å². The van der Waals surface area contributed by atoms with Gasteiger partial charge in [-0.25, -0.2) is 0 Å². The summed E-state index contributed by atoms with van der Waals surface area (Å²) in [6.07, 6.45) is 3.63. The smallest absolute Gasteiger partial charge is 0.244 e. The quantitative estimate of drug-likeness (QED) is 0.800. The van der Waals surface area contributed by atoms with Gasteiger partial charge in [-0.1, -0.05) is 12.1 Å². The molecule has 1 amide bonds. The number of amides is 1. The van der Waals surface area contributed by atoms with Gasteiger partial charge in [0.15, 0.2) is 0 Å². The topological polar surface area (TPSA) is 69.8 Å². The molecule has 1 aliphatic heterocycles. The number of aromatic amines is 1. The molecule has 1 aromatic heterocycles. The number of aromatic nitrogens is 2. The summed E-state index contributed by atoms with van der Waals surface area (Å²) in [6, 6.07) is 9.66.